The SMILES string of the molecule is COCCN1CCN(C(=O)[C@@H]2CC(=O)N(Cc3cccc(OC)c3)C2)CC1. The Kier molecular flexibility index (Phi) is 6.68. The van der Waals surface area contributed by atoms with Crippen molar-refractivity contribution in [2.75, 3.05) is 60.1 Å². The van der Waals surface area contributed by atoms with E-state index in [2.05, 4.69) is 4.90 Å². The van der Waals surface area contributed by atoms with E-state index in [9.17, 15) is 9.59 Å². The third-order valence-corrected chi connectivity index (χ3v) is 5.37. The number of benzene rings is 1. The third-order valence-electron chi connectivity index (χ3n) is 5.37. The molecular weight excluding hydrogens is 346 g/mol. The van der Waals surface area contributed by atoms with E-state index < -0.39 is 0 Å². The van der Waals surface area contributed by atoms with Crippen LogP contribution >= 0.6 is 0 Å². The molecule has 7 nitrogen and oxygen atoms in total. The smallest absolute Gasteiger partial charge is 0.228 e. The Balaban J connectivity index is 1.51. The van der Waals surface area contributed by atoms with Crippen LogP contribution in [0.1, 0.15) is 12.0 Å². The molecule has 0 saturated carbocycles. The van der Waals surface area contributed by atoms with Crippen molar-refractivity contribution in [2.45, 2.75) is 13.0 Å². The number of methoxy groups -OCH3 is 2. The van der Waals surface area contributed by atoms with Gasteiger partial charge in [0.15, 0.2) is 0 Å². The summed E-state index contributed by atoms with van der Waals surface area (Å²) in [6.07, 6.45) is 0.312. The van der Waals surface area contributed by atoms with Crippen molar-refractivity contribution in [3.63, 3.8) is 0 Å². The molecule has 0 N–H and O–H groups in total. The van der Waals surface area contributed by atoms with E-state index in [-0.39, 0.29) is 17.7 Å². The van der Waals surface area contributed by atoms with Gasteiger partial charge >= 0.3 is 0 Å². The fraction of sp³-hybridized carbons (Fsp3) is 0.600. The van der Waals surface area contributed by atoms with Crippen LogP contribution in [0.5, 0.6) is 5.75 Å². The summed E-state index contributed by atoms with van der Waals surface area (Å²) < 4.78 is 10.4. The summed E-state index contributed by atoms with van der Waals surface area (Å²) in [7, 11) is 3.33. The van der Waals surface area contributed by atoms with Crippen LogP contribution < -0.4 is 4.74 Å². The number of rotatable bonds is 7. The second kappa shape index (κ2) is 9.19. The van der Waals surface area contributed by atoms with Gasteiger partial charge in [0, 0.05) is 59.3 Å². The van der Waals surface area contributed by atoms with Crippen molar-refractivity contribution in [3.8, 4) is 5.75 Å². The van der Waals surface area contributed by atoms with E-state index in [1.54, 1.807) is 19.1 Å². The molecule has 0 aromatic heterocycles. The predicted octanol–water partition coefficient (Wildman–Crippen LogP) is 0.834. The summed E-state index contributed by atoms with van der Waals surface area (Å²) in [6.45, 7) is 5.81. The first-order valence-electron chi connectivity index (χ1n) is 9.51. The molecule has 148 valence electrons. The van der Waals surface area contributed by atoms with Gasteiger partial charge < -0.3 is 19.3 Å². The maximum Gasteiger partial charge on any atom is 0.228 e. The average Bonchev–Trinajstić information content (AvgIpc) is 3.06. The first-order valence-corrected chi connectivity index (χ1v) is 9.51. The molecule has 0 radical (unpaired) electrons. The van der Waals surface area contributed by atoms with Crippen molar-refractivity contribution >= 4 is 11.8 Å². The quantitative estimate of drug-likeness (QED) is 0.707. The van der Waals surface area contributed by atoms with Crippen LogP contribution in [0.4, 0.5) is 0 Å². The van der Waals surface area contributed by atoms with Gasteiger partial charge in [-0.15, -0.1) is 0 Å². The molecule has 7 heteroatoms. The summed E-state index contributed by atoms with van der Waals surface area (Å²) in [6, 6.07) is 7.71. The minimum absolute atomic E-state index is 0.0508. The van der Waals surface area contributed by atoms with Crippen LogP contribution in [0.3, 0.4) is 0 Å². The van der Waals surface area contributed by atoms with Crippen LogP contribution in [0, 0.1) is 5.92 Å². The fourth-order valence-corrected chi connectivity index (χ4v) is 3.75. The molecule has 3 rings (SSSR count). The first kappa shape index (κ1) is 19.6. The molecule has 1 atom stereocenters. The van der Waals surface area contributed by atoms with Crippen molar-refractivity contribution in [1.82, 2.24) is 14.7 Å². The number of hydrogen-bond acceptors (Lipinski definition) is 5. The summed E-state index contributed by atoms with van der Waals surface area (Å²) >= 11 is 0. The second-order valence-corrected chi connectivity index (χ2v) is 7.19. The summed E-state index contributed by atoms with van der Waals surface area (Å²) in [5, 5.41) is 0. The highest BCUT2D eigenvalue weighted by molar-refractivity contribution is 5.89. The minimum atomic E-state index is -0.228. The molecular formula is C20H29N3O4. The number of carbonyl (C=O) groups excluding carboxylic acids is 2. The van der Waals surface area contributed by atoms with Gasteiger partial charge in [0.2, 0.25) is 11.8 Å². The van der Waals surface area contributed by atoms with E-state index in [1.807, 2.05) is 29.2 Å². The maximum absolute atomic E-state index is 12.8. The normalized spacial score (nSPS) is 21.0. The Bertz CT molecular complexity index is 658. The monoisotopic (exact) mass is 375 g/mol. The summed E-state index contributed by atoms with van der Waals surface area (Å²) in [5.41, 5.74) is 1.02. The Labute approximate surface area is 160 Å². The Morgan fingerprint density at radius 1 is 1.19 bits per heavy atom. The molecule has 0 unspecified atom stereocenters. The minimum Gasteiger partial charge on any atom is -0.497 e. The molecule has 2 fully saturated rings. The lowest BCUT2D eigenvalue weighted by Gasteiger charge is -2.35. The van der Waals surface area contributed by atoms with Gasteiger partial charge in [-0.2, -0.15) is 0 Å². The van der Waals surface area contributed by atoms with Crippen molar-refractivity contribution < 1.29 is 19.1 Å². The van der Waals surface area contributed by atoms with Crippen LogP contribution in [0.15, 0.2) is 24.3 Å². The molecule has 27 heavy (non-hydrogen) atoms. The van der Waals surface area contributed by atoms with E-state index >= 15 is 0 Å². The van der Waals surface area contributed by atoms with E-state index in [4.69, 9.17) is 9.47 Å². The van der Waals surface area contributed by atoms with Crippen molar-refractivity contribution in [2.24, 2.45) is 5.92 Å². The molecule has 2 aliphatic heterocycles. The predicted molar refractivity (Wildman–Crippen MR) is 101 cm³/mol. The van der Waals surface area contributed by atoms with Gasteiger partial charge in [-0.3, -0.25) is 14.5 Å². The zero-order valence-corrected chi connectivity index (χ0v) is 16.2. The number of likely N-dealkylation sites (tertiary alicyclic amines) is 1. The van der Waals surface area contributed by atoms with Gasteiger partial charge in [0.25, 0.3) is 0 Å². The second-order valence-electron chi connectivity index (χ2n) is 7.19. The van der Waals surface area contributed by atoms with Crippen LogP contribution in [0.25, 0.3) is 0 Å². The van der Waals surface area contributed by atoms with Crippen LogP contribution in [-0.2, 0) is 20.9 Å². The molecule has 0 spiro atoms. The number of ether oxygens (including phenoxy) is 2. The summed E-state index contributed by atoms with van der Waals surface area (Å²) in [4.78, 5) is 31.3. The van der Waals surface area contributed by atoms with Crippen LogP contribution in [-0.4, -0.2) is 86.6 Å². The lowest BCUT2D eigenvalue weighted by atomic mass is 10.1. The van der Waals surface area contributed by atoms with E-state index in [0.29, 0.717) is 26.1 Å². The van der Waals surface area contributed by atoms with Gasteiger partial charge in [0.05, 0.1) is 19.6 Å². The topological polar surface area (TPSA) is 62.3 Å². The maximum atomic E-state index is 12.8. The molecule has 2 amide bonds. The van der Waals surface area contributed by atoms with E-state index in [0.717, 1.165) is 44.0 Å². The summed E-state index contributed by atoms with van der Waals surface area (Å²) in [5.74, 6) is 0.713. The lowest BCUT2D eigenvalue weighted by molar-refractivity contribution is -0.137. The molecule has 0 aliphatic carbocycles. The Hall–Kier alpha value is -2.12. The van der Waals surface area contributed by atoms with Gasteiger partial charge in [-0.1, -0.05) is 12.1 Å². The Morgan fingerprint density at radius 3 is 2.67 bits per heavy atom. The molecule has 0 bridgehead atoms. The highest BCUT2D eigenvalue weighted by atomic mass is 16.5. The van der Waals surface area contributed by atoms with Gasteiger partial charge in [-0.25, -0.2) is 0 Å². The number of carbonyl (C=O) groups is 2. The molecule has 1 aromatic carbocycles. The average molecular weight is 375 g/mol. The zero-order valence-electron chi connectivity index (χ0n) is 16.2. The highest BCUT2D eigenvalue weighted by Gasteiger charge is 2.37. The standard InChI is InChI=1S/C20H29N3O4/c1-26-11-10-21-6-8-22(9-7-21)20(25)17-13-19(24)23(15-17)14-16-4-3-5-18(12-16)27-2/h3-5,12,17H,6-11,13-15H2,1-2H3/t17-/m1/s1. The third kappa shape index (κ3) is 4.99. The molecule has 2 heterocycles. The van der Waals surface area contributed by atoms with Gasteiger partial charge in [-0.05, 0) is 17.7 Å². The molecule has 2 saturated heterocycles. The van der Waals surface area contributed by atoms with Crippen LogP contribution in [0.2, 0.25) is 0 Å². The van der Waals surface area contributed by atoms with E-state index in [1.165, 1.54) is 0 Å². The van der Waals surface area contributed by atoms with Crippen molar-refractivity contribution in [1.29, 1.82) is 0 Å². The van der Waals surface area contributed by atoms with Gasteiger partial charge in [0.1, 0.15) is 5.75 Å². The zero-order chi connectivity index (χ0) is 19.2. The molecule has 2 aliphatic rings. The molecule has 1 aromatic rings. The Morgan fingerprint density at radius 2 is 1.96 bits per heavy atom. The largest absolute Gasteiger partial charge is 0.497 e. The first-order chi connectivity index (χ1) is 13.1. The fourth-order valence-electron chi connectivity index (χ4n) is 3.75. The number of nitrogens with zero attached hydrogens (tertiary/aromatic N) is 3. The number of amides is 2. The lowest BCUT2D eigenvalue weighted by Crippen LogP contribution is -2.51. The highest BCUT2D eigenvalue weighted by Crippen LogP contribution is 2.24. The number of hydrogen-bond donors (Lipinski definition) is 0. The number of piperazine rings is 1. The van der Waals surface area contributed by atoms with Crippen molar-refractivity contribution in [3.05, 3.63) is 29.8 Å².